The summed E-state index contributed by atoms with van der Waals surface area (Å²) in [6.45, 7) is 8.60. The number of aromatic nitrogens is 2. The molecule has 0 aliphatic carbocycles. The molecule has 6 rings (SSSR count). The summed E-state index contributed by atoms with van der Waals surface area (Å²) in [5, 5.41) is 20.1. The van der Waals surface area contributed by atoms with Crippen LogP contribution in [0, 0.1) is 16.7 Å². The van der Waals surface area contributed by atoms with Crippen molar-refractivity contribution in [3.05, 3.63) is 58.2 Å². The number of nitriles is 1. The number of likely N-dealkylation sites (tertiary alicyclic amines) is 1. The molecule has 206 valence electrons. The van der Waals surface area contributed by atoms with Gasteiger partial charge in [-0.15, -0.1) is 0 Å². The molecule has 1 aromatic heterocycles. The van der Waals surface area contributed by atoms with Gasteiger partial charge in [0, 0.05) is 42.2 Å². The SMILES string of the molecule is COc1cc(C(=O)N2CC3(CCNCC3)C2)c(Cl)cc1Nc1nccc(-c2cc(C#N)c3c(c2)C(C)(C)CN3)n1. The van der Waals surface area contributed by atoms with Crippen molar-refractivity contribution in [3.63, 3.8) is 0 Å². The largest absolute Gasteiger partial charge is 0.495 e. The number of benzene rings is 2. The maximum atomic E-state index is 13.3. The smallest absolute Gasteiger partial charge is 0.255 e. The number of fused-ring (bicyclic) bond motifs is 1. The van der Waals surface area contributed by atoms with Crippen LogP contribution in [0.15, 0.2) is 36.5 Å². The van der Waals surface area contributed by atoms with Gasteiger partial charge in [-0.2, -0.15) is 5.26 Å². The molecule has 4 heterocycles. The highest BCUT2D eigenvalue weighted by Gasteiger charge is 2.45. The van der Waals surface area contributed by atoms with Crippen LogP contribution >= 0.6 is 11.6 Å². The Morgan fingerprint density at radius 1 is 1.20 bits per heavy atom. The predicted octanol–water partition coefficient (Wildman–Crippen LogP) is 4.95. The van der Waals surface area contributed by atoms with E-state index < -0.39 is 0 Å². The number of hydrogen-bond acceptors (Lipinski definition) is 8. The summed E-state index contributed by atoms with van der Waals surface area (Å²) < 4.78 is 5.62. The molecule has 0 radical (unpaired) electrons. The summed E-state index contributed by atoms with van der Waals surface area (Å²) in [6.07, 6.45) is 3.85. The van der Waals surface area contributed by atoms with Crippen molar-refractivity contribution in [2.24, 2.45) is 5.41 Å². The maximum absolute atomic E-state index is 13.3. The van der Waals surface area contributed by atoms with E-state index in [9.17, 15) is 10.1 Å². The molecule has 3 aliphatic rings. The van der Waals surface area contributed by atoms with Gasteiger partial charge >= 0.3 is 0 Å². The van der Waals surface area contributed by atoms with Crippen LogP contribution in [0.2, 0.25) is 5.02 Å². The second kappa shape index (κ2) is 9.95. The van der Waals surface area contributed by atoms with Crippen LogP contribution < -0.4 is 20.7 Å². The third-order valence-corrected chi connectivity index (χ3v) is 8.73. The minimum absolute atomic E-state index is 0.0837. The Kier molecular flexibility index (Phi) is 6.56. The van der Waals surface area contributed by atoms with Gasteiger partial charge in [0.15, 0.2) is 0 Å². The molecule has 1 spiro atoms. The number of amides is 1. The second-order valence-corrected chi connectivity index (χ2v) is 12.0. The molecule has 2 fully saturated rings. The molecular formula is C30H32ClN7O2. The summed E-state index contributed by atoms with van der Waals surface area (Å²) in [5.41, 5.74) is 5.20. The number of carbonyl (C=O) groups is 1. The van der Waals surface area contributed by atoms with Gasteiger partial charge < -0.3 is 25.6 Å². The lowest BCUT2D eigenvalue weighted by Crippen LogP contribution is -2.61. The zero-order valence-electron chi connectivity index (χ0n) is 22.9. The van der Waals surface area contributed by atoms with Crippen molar-refractivity contribution in [2.45, 2.75) is 32.1 Å². The van der Waals surface area contributed by atoms with Crippen LogP contribution in [-0.2, 0) is 5.41 Å². The van der Waals surface area contributed by atoms with Crippen molar-refractivity contribution in [1.29, 1.82) is 5.26 Å². The van der Waals surface area contributed by atoms with Crippen molar-refractivity contribution < 1.29 is 9.53 Å². The van der Waals surface area contributed by atoms with Crippen LogP contribution in [0.3, 0.4) is 0 Å². The Bertz CT molecular complexity index is 1530. The van der Waals surface area contributed by atoms with Gasteiger partial charge in [0.05, 0.1) is 40.3 Å². The number of nitrogens with one attached hydrogen (secondary N) is 3. The Morgan fingerprint density at radius 3 is 2.70 bits per heavy atom. The molecule has 2 saturated heterocycles. The van der Waals surface area contributed by atoms with Gasteiger partial charge in [0.2, 0.25) is 5.95 Å². The van der Waals surface area contributed by atoms with Crippen LogP contribution in [0.4, 0.5) is 17.3 Å². The molecule has 0 atom stereocenters. The number of rotatable bonds is 5. The molecule has 0 unspecified atom stereocenters. The number of anilines is 3. The van der Waals surface area contributed by atoms with Gasteiger partial charge in [0.1, 0.15) is 11.8 Å². The van der Waals surface area contributed by atoms with E-state index in [1.54, 1.807) is 25.4 Å². The molecule has 9 nitrogen and oxygen atoms in total. The predicted molar refractivity (Wildman–Crippen MR) is 155 cm³/mol. The van der Waals surface area contributed by atoms with E-state index in [2.05, 4.69) is 46.9 Å². The number of halogens is 1. The number of carbonyl (C=O) groups excluding carboxylic acids is 1. The molecule has 40 heavy (non-hydrogen) atoms. The van der Waals surface area contributed by atoms with E-state index in [1.807, 2.05) is 17.0 Å². The molecule has 0 saturated carbocycles. The number of hydrogen-bond donors (Lipinski definition) is 3. The topological polar surface area (TPSA) is 115 Å². The zero-order valence-corrected chi connectivity index (χ0v) is 23.7. The zero-order chi connectivity index (χ0) is 28.1. The number of methoxy groups -OCH3 is 1. The summed E-state index contributed by atoms with van der Waals surface area (Å²) in [6, 6.07) is 11.4. The molecular weight excluding hydrogens is 526 g/mol. The fourth-order valence-electron chi connectivity index (χ4n) is 6.04. The monoisotopic (exact) mass is 557 g/mol. The van der Waals surface area contributed by atoms with Crippen molar-refractivity contribution in [1.82, 2.24) is 20.2 Å². The van der Waals surface area contributed by atoms with E-state index in [-0.39, 0.29) is 16.7 Å². The molecule has 1 amide bonds. The fourth-order valence-corrected chi connectivity index (χ4v) is 6.29. The van der Waals surface area contributed by atoms with Crippen molar-refractivity contribution in [2.75, 3.05) is 50.5 Å². The van der Waals surface area contributed by atoms with E-state index in [1.165, 1.54) is 0 Å². The molecule has 2 aromatic carbocycles. The first-order valence-corrected chi connectivity index (χ1v) is 13.9. The average Bonchev–Trinajstić information content (AvgIpc) is 3.25. The summed E-state index contributed by atoms with van der Waals surface area (Å²) >= 11 is 6.63. The Labute approximate surface area is 238 Å². The standard InChI is InChI=1S/C30H32ClN7O2/c1-29(2)15-35-26-19(14-32)10-18(11-21(26)29)23-4-7-34-28(36-23)37-24-13-22(31)20(12-25(24)40-3)27(39)38-16-30(17-38)5-8-33-9-6-30/h4,7,10-13,33,35H,5-6,8-9,15-17H2,1-3H3,(H,34,36,37). The number of nitrogens with zero attached hydrogens (tertiary/aromatic N) is 4. The molecule has 0 bridgehead atoms. The fraction of sp³-hybridized carbons (Fsp3) is 0.400. The quantitative estimate of drug-likeness (QED) is 0.404. The first-order valence-electron chi connectivity index (χ1n) is 13.5. The van der Waals surface area contributed by atoms with Gasteiger partial charge in [-0.3, -0.25) is 4.79 Å². The van der Waals surface area contributed by atoms with E-state index in [0.717, 1.165) is 62.4 Å². The van der Waals surface area contributed by atoms with Gasteiger partial charge in [0.25, 0.3) is 5.91 Å². The molecule has 3 N–H and O–H groups in total. The first kappa shape index (κ1) is 26.4. The van der Waals surface area contributed by atoms with Crippen LogP contribution in [0.25, 0.3) is 11.3 Å². The summed E-state index contributed by atoms with van der Waals surface area (Å²) in [5.74, 6) is 0.730. The maximum Gasteiger partial charge on any atom is 0.255 e. The third kappa shape index (κ3) is 4.61. The van der Waals surface area contributed by atoms with Gasteiger partial charge in [-0.05, 0) is 61.8 Å². The van der Waals surface area contributed by atoms with E-state index in [0.29, 0.717) is 39.2 Å². The molecule has 10 heteroatoms. The van der Waals surface area contributed by atoms with Crippen LogP contribution in [0.5, 0.6) is 5.75 Å². The lowest BCUT2D eigenvalue weighted by Gasteiger charge is -2.52. The van der Waals surface area contributed by atoms with Crippen molar-refractivity contribution >= 4 is 34.8 Å². The van der Waals surface area contributed by atoms with Crippen LogP contribution in [-0.4, -0.2) is 60.6 Å². The molecule has 3 aliphatic heterocycles. The summed E-state index contributed by atoms with van der Waals surface area (Å²) in [7, 11) is 1.55. The minimum atomic E-state index is -0.0986. The molecule has 3 aromatic rings. The van der Waals surface area contributed by atoms with Gasteiger partial charge in [-0.1, -0.05) is 25.4 Å². The lowest BCUT2D eigenvalue weighted by molar-refractivity contribution is -0.0113. The first-order chi connectivity index (χ1) is 19.2. The Morgan fingerprint density at radius 2 is 1.98 bits per heavy atom. The highest BCUT2D eigenvalue weighted by Crippen LogP contribution is 2.42. The third-order valence-electron chi connectivity index (χ3n) is 8.42. The Balaban J connectivity index is 1.25. The highest BCUT2D eigenvalue weighted by molar-refractivity contribution is 6.34. The van der Waals surface area contributed by atoms with E-state index >= 15 is 0 Å². The van der Waals surface area contributed by atoms with Gasteiger partial charge in [-0.25, -0.2) is 9.97 Å². The highest BCUT2D eigenvalue weighted by atomic mass is 35.5. The normalized spacial score (nSPS) is 18.3. The summed E-state index contributed by atoms with van der Waals surface area (Å²) in [4.78, 5) is 24.3. The Hall–Kier alpha value is -3.87. The van der Waals surface area contributed by atoms with Crippen molar-refractivity contribution in [3.8, 4) is 23.1 Å². The average molecular weight is 558 g/mol. The lowest BCUT2D eigenvalue weighted by atomic mass is 9.72. The van der Waals surface area contributed by atoms with Crippen LogP contribution in [0.1, 0.15) is 48.2 Å². The van der Waals surface area contributed by atoms with E-state index in [4.69, 9.17) is 21.3 Å². The second-order valence-electron chi connectivity index (χ2n) is 11.6. The number of ether oxygens (including phenoxy) is 1. The number of piperidine rings is 1. The minimum Gasteiger partial charge on any atom is -0.495 e.